The number of ketones is 1. The van der Waals surface area contributed by atoms with Crippen LogP contribution in [0.5, 0.6) is 5.75 Å². The number of thioether (sulfide) groups is 1. The maximum absolute atomic E-state index is 14.7. The molecule has 1 N–H and O–H groups in total. The number of fused-ring (bicyclic) bond motifs is 1. The van der Waals surface area contributed by atoms with E-state index in [0.717, 1.165) is 31.5 Å². The van der Waals surface area contributed by atoms with Gasteiger partial charge in [-0.2, -0.15) is 0 Å². The SMILES string of the molecule is COc1ccc2ncc(F)c(C(=O)CCC3CCN(CCSc4cccs4)CC3CC(=O)O)c2c1. The number of pyridine rings is 1. The second-order valence-electron chi connectivity index (χ2n) is 8.81. The van der Waals surface area contributed by atoms with Gasteiger partial charge in [0, 0.05) is 37.1 Å². The minimum Gasteiger partial charge on any atom is -0.497 e. The number of rotatable bonds is 11. The number of aliphatic carboxylic acids is 1. The van der Waals surface area contributed by atoms with E-state index in [1.165, 1.54) is 11.3 Å². The largest absolute Gasteiger partial charge is 0.497 e. The Bertz CT molecular complexity index is 1170. The van der Waals surface area contributed by atoms with Crippen LogP contribution < -0.4 is 4.74 Å². The van der Waals surface area contributed by atoms with Gasteiger partial charge in [-0.1, -0.05) is 6.07 Å². The van der Waals surface area contributed by atoms with Gasteiger partial charge in [-0.25, -0.2) is 4.39 Å². The topological polar surface area (TPSA) is 79.7 Å². The van der Waals surface area contributed by atoms with E-state index in [1.807, 2.05) is 17.8 Å². The third kappa shape index (κ3) is 6.59. The lowest BCUT2D eigenvalue weighted by molar-refractivity contribution is -0.139. The van der Waals surface area contributed by atoms with Gasteiger partial charge in [-0.3, -0.25) is 14.6 Å². The standard InChI is InChI=1S/C26H29FN2O4S2/c1-33-19-5-6-22-20(14-19)26(21(27)15-28-22)23(30)7-4-17-8-9-29(16-18(17)13-24(31)32)10-12-35-25-3-2-11-34-25/h2-3,5-6,11,14-15,17-18H,4,7-10,12-13,16H2,1H3,(H,31,32). The highest BCUT2D eigenvalue weighted by molar-refractivity contribution is 8.01. The Morgan fingerprint density at radius 3 is 2.91 bits per heavy atom. The molecular weight excluding hydrogens is 487 g/mol. The summed E-state index contributed by atoms with van der Waals surface area (Å²) in [6, 6.07) is 9.22. The van der Waals surface area contributed by atoms with Crippen LogP contribution in [-0.2, 0) is 4.79 Å². The highest BCUT2D eigenvalue weighted by Gasteiger charge is 2.31. The van der Waals surface area contributed by atoms with Crippen LogP contribution in [0.1, 0.15) is 36.0 Å². The number of carbonyl (C=O) groups excluding carboxylic acids is 1. The monoisotopic (exact) mass is 516 g/mol. The molecule has 1 fully saturated rings. The fourth-order valence-electron chi connectivity index (χ4n) is 4.81. The summed E-state index contributed by atoms with van der Waals surface area (Å²) in [5.41, 5.74) is 0.569. The summed E-state index contributed by atoms with van der Waals surface area (Å²) in [5.74, 6) is -0.171. The molecule has 186 valence electrons. The van der Waals surface area contributed by atoms with Gasteiger partial charge in [0.25, 0.3) is 0 Å². The first-order valence-electron chi connectivity index (χ1n) is 11.7. The quantitative estimate of drug-likeness (QED) is 0.262. The first kappa shape index (κ1) is 25.6. The fourth-order valence-corrected chi connectivity index (χ4v) is 6.68. The molecule has 0 saturated carbocycles. The number of Topliss-reactive ketones (excluding diaryl/α,β-unsaturated/α-hetero) is 1. The molecule has 9 heteroatoms. The molecule has 0 spiro atoms. The predicted octanol–water partition coefficient (Wildman–Crippen LogP) is 5.61. The number of ether oxygens (including phenoxy) is 1. The van der Waals surface area contributed by atoms with Gasteiger partial charge in [0.1, 0.15) is 5.75 Å². The Morgan fingerprint density at radius 1 is 1.31 bits per heavy atom. The molecule has 2 aromatic heterocycles. The molecule has 2 atom stereocenters. The first-order valence-corrected chi connectivity index (χ1v) is 13.6. The van der Waals surface area contributed by atoms with Crippen molar-refractivity contribution in [3.05, 3.63) is 53.3 Å². The second-order valence-corrected chi connectivity index (χ2v) is 11.2. The number of hydrogen-bond acceptors (Lipinski definition) is 7. The van der Waals surface area contributed by atoms with Crippen LogP contribution in [0.2, 0.25) is 0 Å². The zero-order chi connectivity index (χ0) is 24.8. The van der Waals surface area contributed by atoms with Crippen molar-refractivity contribution in [2.75, 3.05) is 32.5 Å². The van der Waals surface area contributed by atoms with Crippen molar-refractivity contribution in [2.24, 2.45) is 11.8 Å². The number of thiophene rings is 1. The minimum atomic E-state index is -0.820. The number of carboxylic acid groups (broad SMARTS) is 1. The van der Waals surface area contributed by atoms with E-state index in [1.54, 1.807) is 29.5 Å². The minimum absolute atomic E-state index is 0.0279. The molecule has 4 rings (SSSR count). The van der Waals surface area contributed by atoms with E-state index in [-0.39, 0.29) is 36.0 Å². The number of carboxylic acids is 1. The van der Waals surface area contributed by atoms with Crippen molar-refractivity contribution in [3.8, 4) is 5.75 Å². The lowest BCUT2D eigenvalue weighted by Crippen LogP contribution is -2.42. The number of methoxy groups -OCH3 is 1. The maximum atomic E-state index is 14.7. The van der Waals surface area contributed by atoms with Crippen LogP contribution in [0.15, 0.2) is 46.1 Å². The van der Waals surface area contributed by atoms with Crippen molar-refractivity contribution in [2.45, 2.75) is 29.9 Å². The van der Waals surface area contributed by atoms with E-state index >= 15 is 0 Å². The fraction of sp³-hybridized carbons (Fsp3) is 0.423. The summed E-state index contributed by atoms with van der Waals surface area (Å²) in [4.78, 5) is 31.1. The van der Waals surface area contributed by atoms with Crippen LogP contribution in [0, 0.1) is 17.7 Å². The number of piperidine rings is 1. The Hall–Kier alpha value is -2.49. The third-order valence-corrected chi connectivity index (χ3v) is 8.72. The predicted molar refractivity (Wildman–Crippen MR) is 137 cm³/mol. The zero-order valence-electron chi connectivity index (χ0n) is 19.6. The number of carbonyl (C=O) groups is 2. The number of halogens is 1. The molecule has 0 radical (unpaired) electrons. The molecule has 0 bridgehead atoms. The average molecular weight is 517 g/mol. The molecule has 3 heterocycles. The summed E-state index contributed by atoms with van der Waals surface area (Å²) in [6.45, 7) is 2.49. The van der Waals surface area contributed by atoms with Gasteiger partial charge in [0.15, 0.2) is 11.6 Å². The summed E-state index contributed by atoms with van der Waals surface area (Å²) in [5, 5.41) is 12.0. The molecule has 1 saturated heterocycles. The maximum Gasteiger partial charge on any atom is 0.303 e. The van der Waals surface area contributed by atoms with Crippen molar-refractivity contribution < 1.29 is 23.8 Å². The highest BCUT2D eigenvalue weighted by atomic mass is 32.2. The van der Waals surface area contributed by atoms with Gasteiger partial charge in [-0.05, 0) is 60.9 Å². The smallest absolute Gasteiger partial charge is 0.303 e. The Morgan fingerprint density at radius 2 is 2.17 bits per heavy atom. The summed E-state index contributed by atoms with van der Waals surface area (Å²) in [6.07, 6.45) is 2.71. The number of nitrogens with zero attached hydrogens (tertiary/aromatic N) is 2. The highest BCUT2D eigenvalue weighted by Crippen LogP contribution is 2.33. The molecule has 1 aliphatic rings. The third-order valence-electron chi connectivity index (χ3n) is 6.61. The molecule has 3 aromatic rings. The van der Waals surface area contributed by atoms with Crippen molar-refractivity contribution >= 4 is 45.8 Å². The molecule has 35 heavy (non-hydrogen) atoms. The van der Waals surface area contributed by atoms with E-state index in [4.69, 9.17) is 4.74 Å². The van der Waals surface area contributed by atoms with E-state index in [0.29, 0.717) is 29.6 Å². The van der Waals surface area contributed by atoms with Crippen LogP contribution >= 0.6 is 23.1 Å². The Labute approximate surface area is 212 Å². The van der Waals surface area contributed by atoms with Gasteiger partial charge in [0.2, 0.25) is 0 Å². The normalized spacial score (nSPS) is 18.6. The second kappa shape index (κ2) is 12.0. The van der Waals surface area contributed by atoms with E-state index in [2.05, 4.69) is 21.3 Å². The van der Waals surface area contributed by atoms with E-state index in [9.17, 15) is 19.1 Å². The van der Waals surface area contributed by atoms with Crippen LogP contribution in [0.4, 0.5) is 4.39 Å². The average Bonchev–Trinajstić information content (AvgIpc) is 3.36. The molecule has 0 aliphatic carbocycles. The van der Waals surface area contributed by atoms with Gasteiger partial charge < -0.3 is 14.7 Å². The summed E-state index contributed by atoms with van der Waals surface area (Å²) < 4.78 is 21.2. The zero-order valence-corrected chi connectivity index (χ0v) is 21.2. The van der Waals surface area contributed by atoms with Crippen LogP contribution in [0.3, 0.4) is 0 Å². The molecule has 2 unspecified atom stereocenters. The number of aromatic nitrogens is 1. The lowest BCUT2D eigenvalue weighted by atomic mass is 9.79. The van der Waals surface area contributed by atoms with Crippen molar-refractivity contribution in [3.63, 3.8) is 0 Å². The molecule has 1 aliphatic heterocycles. The van der Waals surface area contributed by atoms with Gasteiger partial charge in [-0.15, -0.1) is 23.1 Å². The van der Waals surface area contributed by atoms with Gasteiger partial charge in [0.05, 0.1) is 28.6 Å². The van der Waals surface area contributed by atoms with Crippen LogP contribution in [-0.4, -0.2) is 59.2 Å². The van der Waals surface area contributed by atoms with Crippen molar-refractivity contribution in [1.82, 2.24) is 9.88 Å². The molecule has 1 aromatic carbocycles. The molecular formula is C26H29FN2O4S2. The van der Waals surface area contributed by atoms with E-state index < -0.39 is 11.8 Å². The number of hydrogen-bond donors (Lipinski definition) is 1. The lowest BCUT2D eigenvalue weighted by Gasteiger charge is -2.38. The van der Waals surface area contributed by atoms with Gasteiger partial charge >= 0.3 is 5.97 Å². The van der Waals surface area contributed by atoms with Crippen LogP contribution in [0.25, 0.3) is 10.9 Å². The number of benzene rings is 1. The summed E-state index contributed by atoms with van der Waals surface area (Å²) >= 11 is 3.55. The summed E-state index contributed by atoms with van der Waals surface area (Å²) in [7, 11) is 1.52. The molecule has 6 nitrogen and oxygen atoms in total. The first-order chi connectivity index (χ1) is 16.9. The Balaban J connectivity index is 1.39. The van der Waals surface area contributed by atoms with Crippen molar-refractivity contribution in [1.29, 1.82) is 0 Å². The molecule has 0 amide bonds. The Kier molecular flexibility index (Phi) is 8.75. The number of likely N-dealkylation sites (tertiary alicyclic amines) is 1.